The second-order valence-electron chi connectivity index (χ2n) is 9.23. The first-order valence-corrected chi connectivity index (χ1v) is 12.7. The first-order chi connectivity index (χ1) is 19.9. The molecule has 2 heterocycles. The molecule has 3 N–H and O–H groups in total. The topological polar surface area (TPSA) is 164 Å². The number of hydrogen-bond acceptors (Lipinski definition) is 9. The van der Waals surface area contributed by atoms with Crippen LogP contribution < -0.4 is 16.0 Å². The Bertz CT molecular complexity index is 1580. The number of H-pyrrole nitrogens is 1. The van der Waals surface area contributed by atoms with E-state index >= 15 is 0 Å². The van der Waals surface area contributed by atoms with Crippen molar-refractivity contribution in [2.45, 2.75) is 25.2 Å². The van der Waals surface area contributed by atoms with Crippen molar-refractivity contribution >= 4 is 29.2 Å². The van der Waals surface area contributed by atoms with Crippen molar-refractivity contribution in [3.8, 4) is 11.4 Å². The third kappa shape index (κ3) is 6.75. The summed E-state index contributed by atoms with van der Waals surface area (Å²) in [6.45, 7) is 0.460. The molecule has 12 heteroatoms. The predicted octanol–water partition coefficient (Wildman–Crippen LogP) is 2.05. The van der Waals surface area contributed by atoms with Crippen LogP contribution in [0.4, 0.5) is 11.4 Å². The molecule has 1 saturated heterocycles. The zero-order chi connectivity index (χ0) is 28.8. The number of aliphatic hydroxyl groups excluding tert-OH is 1. The number of aromatic amines is 1. The van der Waals surface area contributed by atoms with Gasteiger partial charge in [0.1, 0.15) is 6.61 Å². The van der Waals surface area contributed by atoms with Gasteiger partial charge in [0.15, 0.2) is 18.0 Å². The molecule has 5 rings (SSSR count). The van der Waals surface area contributed by atoms with Crippen molar-refractivity contribution in [1.82, 2.24) is 10.1 Å². The van der Waals surface area contributed by atoms with E-state index in [0.717, 1.165) is 5.56 Å². The maximum absolute atomic E-state index is 13.2. The summed E-state index contributed by atoms with van der Waals surface area (Å²) in [7, 11) is 0. The zero-order valence-corrected chi connectivity index (χ0v) is 21.7. The summed E-state index contributed by atoms with van der Waals surface area (Å²) in [5.41, 5.74) is 2.92. The molecule has 1 aliphatic heterocycles. The van der Waals surface area contributed by atoms with Crippen molar-refractivity contribution in [2.24, 2.45) is 0 Å². The Balaban J connectivity index is 1.19. The van der Waals surface area contributed by atoms with Gasteiger partial charge in [-0.25, -0.2) is 4.79 Å². The number of ether oxygens (including phenoxy) is 2. The summed E-state index contributed by atoms with van der Waals surface area (Å²) < 4.78 is 15.3. The molecule has 3 aromatic carbocycles. The number of benzene rings is 3. The van der Waals surface area contributed by atoms with Crippen LogP contribution in [0.15, 0.2) is 88.2 Å². The Hall–Kier alpha value is -5.07. The van der Waals surface area contributed by atoms with E-state index in [-0.39, 0.29) is 32.0 Å². The van der Waals surface area contributed by atoms with E-state index in [1.165, 1.54) is 4.90 Å². The van der Waals surface area contributed by atoms with E-state index in [0.29, 0.717) is 22.5 Å². The number of aliphatic hydroxyl groups is 1. The minimum absolute atomic E-state index is 0.0131. The van der Waals surface area contributed by atoms with Crippen LogP contribution in [0.25, 0.3) is 11.4 Å². The van der Waals surface area contributed by atoms with Gasteiger partial charge >= 0.3 is 11.7 Å². The Labute approximate surface area is 233 Å². The molecule has 1 aromatic heterocycles. The molecule has 1 fully saturated rings. The molecule has 0 aliphatic carbocycles. The summed E-state index contributed by atoms with van der Waals surface area (Å²) in [6, 6.07) is 22.5. The molecule has 0 spiro atoms. The highest BCUT2D eigenvalue weighted by molar-refractivity contribution is 6.03. The molecule has 41 heavy (non-hydrogen) atoms. The van der Waals surface area contributed by atoms with Gasteiger partial charge in [0.25, 0.3) is 11.8 Å². The van der Waals surface area contributed by atoms with Crippen LogP contribution in [-0.4, -0.2) is 58.4 Å². The fourth-order valence-corrected chi connectivity index (χ4v) is 4.30. The number of nitrogens with one attached hydrogen (secondary N) is 2. The van der Waals surface area contributed by atoms with E-state index < -0.39 is 35.7 Å². The first-order valence-electron chi connectivity index (χ1n) is 12.7. The Morgan fingerprint density at radius 1 is 1.05 bits per heavy atom. The number of hydrogen-bond donors (Lipinski definition) is 3. The number of anilines is 2. The second-order valence-corrected chi connectivity index (χ2v) is 9.23. The molecule has 2 amide bonds. The first kappa shape index (κ1) is 27.5. The smallest absolute Gasteiger partial charge is 0.439 e. The third-order valence-corrected chi connectivity index (χ3v) is 6.36. The van der Waals surface area contributed by atoms with Gasteiger partial charge in [-0.15, -0.1) is 0 Å². The van der Waals surface area contributed by atoms with Gasteiger partial charge in [-0.1, -0.05) is 47.6 Å². The van der Waals surface area contributed by atoms with Crippen molar-refractivity contribution < 1.29 is 33.5 Å². The molecular formula is C29H26N4O8. The van der Waals surface area contributed by atoms with Crippen LogP contribution in [0.3, 0.4) is 0 Å². The standard InChI is InChI=1S/C29H26N4O8/c34-23(40-17-18-5-2-1-3-6-18)16-19-7-4-8-22(15-19)33-13-14-39-25(28(33)37)24(35)27(36)30-21-11-9-20(10-12-21)26-31-29(38)41-32-26/h1-12,15,24-25,35H,13-14,16-17H2,(H,30,36)(H,31,32,38)/t24-,25-/m1/s1. The van der Waals surface area contributed by atoms with Crippen LogP contribution in [0, 0.1) is 0 Å². The fraction of sp³-hybridized carbons (Fsp3) is 0.207. The molecule has 1 aliphatic rings. The van der Waals surface area contributed by atoms with Gasteiger partial charge in [-0.3, -0.25) is 23.9 Å². The maximum atomic E-state index is 13.2. The highest BCUT2D eigenvalue weighted by Gasteiger charge is 2.39. The van der Waals surface area contributed by atoms with Crippen LogP contribution in [-0.2, 0) is 36.9 Å². The van der Waals surface area contributed by atoms with Crippen molar-refractivity contribution in [3.05, 3.63) is 101 Å². The quantitative estimate of drug-likeness (QED) is 0.261. The maximum Gasteiger partial charge on any atom is 0.439 e. The minimum atomic E-state index is -1.78. The Morgan fingerprint density at radius 3 is 2.54 bits per heavy atom. The van der Waals surface area contributed by atoms with Crippen molar-refractivity contribution in [3.63, 3.8) is 0 Å². The largest absolute Gasteiger partial charge is 0.461 e. The van der Waals surface area contributed by atoms with Crippen LogP contribution in [0.1, 0.15) is 11.1 Å². The van der Waals surface area contributed by atoms with Gasteiger partial charge in [-0.05, 0) is 47.5 Å². The summed E-state index contributed by atoms with van der Waals surface area (Å²) in [5.74, 6) is -2.30. The Kier molecular flexibility index (Phi) is 8.32. The van der Waals surface area contributed by atoms with E-state index in [9.17, 15) is 24.3 Å². The summed E-state index contributed by atoms with van der Waals surface area (Å²) >= 11 is 0. The number of aromatic nitrogens is 2. The Morgan fingerprint density at radius 2 is 1.80 bits per heavy atom. The lowest BCUT2D eigenvalue weighted by atomic mass is 10.1. The molecule has 2 atom stereocenters. The number of esters is 1. The fourth-order valence-electron chi connectivity index (χ4n) is 4.30. The molecule has 0 radical (unpaired) electrons. The van der Waals surface area contributed by atoms with Crippen molar-refractivity contribution in [2.75, 3.05) is 23.4 Å². The van der Waals surface area contributed by atoms with E-state index in [4.69, 9.17) is 9.47 Å². The molecule has 4 aromatic rings. The van der Waals surface area contributed by atoms with Crippen LogP contribution in [0.2, 0.25) is 0 Å². The molecule has 0 saturated carbocycles. The lowest BCUT2D eigenvalue weighted by Gasteiger charge is -2.34. The van der Waals surface area contributed by atoms with Gasteiger partial charge in [-0.2, -0.15) is 0 Å². The van der Waals surface area contributed by atoms with Crippen LogP contribution >= 0.6 is 0 Å². The number of carbonyl (C=O) groups excluding carboxylic acids is 3. The molecular weight excluding hydrogens is 532 g/mol. The van der Waals surface area contributed by atoms with E-state index in [2.05, 4.69) is 20.0 Å². The lowest BCUT2D eigenvalue weighted by molar-refractivity contribution is -0.150. The molecule has 0 unspecified atom stereocenters. The normalized spacial score (nSPS) is 15.8. The van der Waals surface area contributed by atoms with Crippen LogP contribution in [0.5, 0.6) is 0 Å². The second kappa shape index (κ2) is 12.4. The molecule has 210 valence electrons. The van der Waals surface area contributed by atoms with E-state index in [1.807, 2.05) is 30.3 Å². The SMILES string of the molecule is O=C(Cc1cccc(N2CCO[C@H]([C@@H](O)C(=O)Nc3ccc(-c4noc(=O)[nH]4)cc3)C2=O)c1)OCc1ccccc1. The highest BCUT2D eigenvalue weighted by Crippen LogP contribution is 2.23. The summed E-state index contributed by atoms with van der Waals surface area (Å²) in [5, 5.41) is 16.8. The molecule has 0 bridgehead atoms. The van der Waals surface area contributed by atoms with Gasteiger partial charge in [0, 0.05) is 23.5 Å². The lowest BCUT2D eigenvalue weighted by Crippen LogP contribution is -2.55. The number of amides is 2. The summed E-state index contributed by atoms with van der Waals surface area (Å²) in [4.78, 5) is 53.4. The van der Waals surface area contributed by atoms with E-state index in [1.54, 1.807) is 48.5 Å². The van der Waals surface area contributed by atoms with Gasteiger partial charge in [0.05, 0.1) is 13.0 Å². The average Bonchev–Trinajstić information content (AvgIpc) is 3.43. The number of rotatable bonds is 9. The van der Waals surface area contributed by atoms with Gasteiger partial charge < -0.3 is 24.8 Å². The third-order valence-electron chi connectivity index (χ3n) is 6.36. The number of morpholine rings is 1. The highest BCUT2D eigenvalue weighted by atomic mass is 16.5. The average molecular weight is 559 g/mol. The number of carbonyl (C=O) groups is 3. The zero-order valence-electron chi connectivity index (χ0n) is 21.7. The number of nitrogens with zero attached hydrogens (tertiary/aromatic N) is 2. The molecule has 12 nitrogen and oxygen atoms in total. The predicted molar refractivity (Wildman–Crippen MR) is 146 cm³/mol. The summed E-state index contributed by atoms with van der Waals surface area (Å²) in [6.07, 6.45) is -3.20. The van der Waals surface area contributed by atoms with Crippen molar-refractivity contribution in [1.29, 1.82) is 0 Å². The monoisotopic (exact) mass is 558 g/mol. The van der Waals surface area contributed by atoms with Gasteiger partial charge in [0.2, 0.25) is 0 Å². The minimum Gasteiger partial charge on any atom is -0.461 e.